The maximum atomic E-state index is 13.1. The minimum absolute atomic E-state index is 0.0182. The number of nitrogens with zero attached hydrogens (tertiary/aromatic N) is 1. The van der Waals surface area contributed by atoms with E-state index < -0.39 is 12.1 Å². The molecule has 2 atom stereocenters. The maximum Gasteiger partial charge on any atom is 0.259 e. The average Bonchev–Trinajstić information content (AvgIpc) is 3.01. The standard InChI is InChI=1S/C17H23Cl2FN2O3/c1-10(20)5-7-22-6-3-4-11(22)9-21-17(24)14-15(23)12(18)8-13(19)16(14)25-2/h8,10-11,23H,3-7,9H2,1-2H3,(H,21,24)/t10?,11-/m0/s1. The number of phenolic OH excluding ortho intramolecular Hbond substituents is 1. The number of methoxy groups -OCH3 is 1. The number of hydrogen-bond donors (Lipinski definition) is 2. The van der Waals surface area contributed by atoms with Crippen molar-refractivity contribution >= 4 is 29.1 Å². The van der Waals surface area contributed by atoms with E-state index >= 15 is 0 Å². The number of carbonyl (C=O) groups excluding carboxylic acids is 1. The van der Waals surface area contributed by atoms with E-state index in [9.17, 15) is 14.3 Å². The fourth-order valence-electron chi connectivity index (χ4n) is 3.07. The first-order chi connectivity index (χ1) is 11.8. The van der Waals surface area contributed by atoms with Gasteiger partial charge in [0, 0.05) is 19.1 Å². The number of amides is 1. The van der Waals surface area contributed by atoms with E-state index in [-0.39, 0.29) is 33.1 Å². The zero-order chi connectivity index (χ0) is 18.6. The Morgan fingerprint density at radius 1 is 1.52 bits per heavy atom. The van der Waals surface area contributed by atoms with Gasteiger partial charge < -0.3 is 15.2 Å². The third kappa shape index (κ3) is 4.90. The molecule has 25 heavy (non-hydrogen) atoms. The molecule has 1 saturated heterocycles. The summed E-state index contributed by atoms with van der Waals surface area (Å²) < 4.78 is 18.2. The molecule has 0 spiro atoms. The Balaban J connectivity index is 2.05. The topological polar surface area (TPSA) is 61.8 Å². The minimum Gasteiger partial charge on any atom is -0.505 e. The molecular formula is C17H23Cl2FN2O3. The lowest BCUT2D eigenvalue weighted by molar-refractivity contribution is 0.0933. The number of alkyl halides is 1. The van der Waals surface area contributed by atoms with E-state index in [1.165, 1.54) is 13.2 Å². The van der Waals surface area contributed by atoms with Gasteiger partial charge in [0.15, 0.2) is 11.5 Å². The van der Waals surface area contributed by atoms with Gasteiger partial charge in [0.25, 0.3) is 5.91 Å². The van der Waals surface area contributed by atoms with Crippen molar-refractivity contribution in [3.63, 3.8) is 0 Å². The van der Waals surface area contributed by atoms with Crippen LogP contribution in [0, 0.1) is 0 Å². The zero-order valence-electron chi connectivity index (χ0n) is 14.3. The summed E-state index contributed by atoms with van der Waals surface area (Å²) in [5.74, 6) is -0.796. The van der Waals surface area contributed by atoms with Crippen molar-refractivity contribution in [2.75, 3.05) is 26.7 Å². The molecule has 1 amide bonds. The van der Waals surface area contributed by atoms with Crippen LogP contribution >= 0.6 is 23.2 Å². The highest BCUT2D eigenvalue weighted by molar-refractivity contribution is 6.37. The van der Waals surface area contributed by atoms with Crippen molar-refractivity contribution in [3.8, 4) is 11.5 Å². The molecule has 1 aromatic carbocycles. The van der Waals surface area contributed by atoms with Crippen LogP contribution in [0.1, 0.15) is 36.5 Å². The third-order valence-electron chi connectivity index (χ3n) is 4.40. The van der Waals surface area contributed by atoms with Crippen molar-refractivity contribution in [2.24, 2.45) is 0 Å². The molecule has 5 nitrogen and oxygen atoms in total. The molecule has 2 rings (SSSR count). The van der Waals surface area contributed by atoms with Crippen molar-refractivity contribution in [3.05, 3.63) is 21.7 Å². The Morgan fingerprint density at radius 2 is 2.24 bits per heavy atom. The van der Waals surface area contributed by atoms with Crippen molar-refractivity contribution in [1.82, 2.24) is 10.2 Å². The lowest BCUT2D eigenvalue weighted by atomic mass is 10.1. The lowest BCUT2D eigenvalue weighted by Crippen LogP contribution is -2.41. The number of halogens is 3. The molecule has 0 aromatic heterocycles. The SMILES string of the molecule is COc1c(Cl)cc(Cl)c(O)c1C(=O)NC[C@@H]1CCCN1CCC(C)F. The molecule has 1 unspecified atom stereocenters. The summed E-state index contributed by atoms with van der Waals surface area (Å²) in [5.41, 5.74) is -0.0815. The van der Waals surface area contributed by atoms with E-state index in [4.69, 9.17) is 27.9 Å². The normalized spacial score (nSPS) is 19.0. The van der Waals surface area contributed by atoms with Crippen LogP contribution < -0.4 is 10.1 Å². The van der Waals surface area contributed by atoms with Gasteiger partial charge in [0.1, 0.15) is 5.56 Å². The lowest BCUT2D eigenvalue weighted by Gasteiger charge is -2.25. The highest BCUT2D eigenvalue weighted by Crippen LogP contribution is 2.40. The predicted octanol–water partition coefficient (Wildman–Crippen LogP) is 3.65. The van der Waals surface area contributed by atoms with Gasteiger partial charge in [-0.2, -0.15) is 0 Å². The van der Waals surface area contributed by atoms with E-state index in [0.717, 1.165) is 19.4 Å². The van der Waals surface area contributed by atoms with E-state index in [0.29, 0.717) is 19.5 Å². The van der Waals surface area contributed by atoms with Gasteiger partial charge in [-0.3, -0.25) is 9.69 Å². The molecule has 2 N–H and O–H groups in total. The summed E-state index contributed by atoms with van der Waals surface area (Å²) in [6.45, 7) is 3.50. The van der Waals surface area contributed by atoms with E-state index in [1.807, 2.05) is 0 Å². The van der Waals surface area contributed by atoms with Crippen LogP contribution in [0.25, 0.3) is 0 Å². The van der Waals surface area contributed by atoms with Gasteiger partial charge in [0.2, 0.25) is 0 Å². The first-order valence-corrected chi connectivity index (χ1v) is 9.02. The number of nitrogens with one attached hydrogen (secondary N) is 1. The molecule has 1 fully saturated rings. The highest BCUT2D eigenvalue weighted by Gasteiger charge is 2.27. The second-order valence-corrected chi connectivity index (χ2v) is 7.02. The van der Waals surface area contributed by atoms with Crippen LogP contribution in [0.15, 0.2) is 6.07 Å². The second kappa shape index (κ2) is 8.92. The molecule has 0 bridgehead atoms. The van der Waals surface area contributed by atoms with Gasteiger partial charge in [0.05, 0.1) is 23.3 Å². The van der Waals surface area contributed by atoms with Gasteiger partial charge in [-0.25, -0.2) is 4.39 Å². The largest absolute Gasteiger partial charge is 0.505 e. The van der Waals surface area contributed by atoms with Crippen molar-refractivity contribution < 1.29 is 19.0 Å². The van der Waals surface area contributed by atoms with Gasteiger partial charge in [-0.15, -0.1) is 0 Å². The van der Waals surface area contributed by atoms with Crippen LogP contribution in [0.3, 0.4) is 0 Å². The first-order valence-electron chi connectivity index (χ1n) is 8.26. The number of carbonyl (C=O) groups is 1. The van der Waals surface area contributed by atoms with E-state index in [2.05, 4.69) is 10.2 Å². The molecule has 140 valence electrons. The Hall–Kier alpha value is -1.24. The summed E-state index contributed by atoms with van der Waals surface area (Å²) in [4.78, 5) is 14.7. The Kier molecular flexibility index (Phi) is 7.16. The highest BCUT2D eigenvalue weighted by atomic mass is 35.5. The number of ether oxygens (including phenoxy) is 1. The fraction of sp³-hybridized carbons (Fsp3) is 0.588. The molecule has 1 aromatic rings. The van der Waals surface area contributed by atoms with Crippen LogP contribution in [0.4, 0.5) is 4.39 Å². The van der Waals surface area contributed by atoms with Crippen molar-refractivity contribution in [2.45, 2.75) is 38.4 Å². The number of benzene rings is 1. The molecular weight excluding hydrogens is 370 g/mol. The van der Waals surface area contributed by atoms with Gasteiger partial charge in [-0.05, 0) is 38.8 Å². The zero-order valence-corrected chi connectivity index (χ0v) is 15.8. The fourth-order valence-corrected chi connectivity index (χ4v) is 3.61. The van der Waals surface area contributed by atoms with Crippen LogP contribution in [-0.2, 0) is 0 Å². The molecule has 1 heterocycles. The second-order valence-electron chi connectivity index (χ2n) is 6.21. The van der Waals surface area contributed by atoms with Crippen LogP contribution in [0.2, 0.25) is 10.0 Å². The third-order valence-corrected chi connectivity index (χ3v) is 4.97. The molecule has 0 radical (unpaired) electrons. The number of likely N-dealkylation sites (tertiary alicyclic amines) is 1. The minimum atomic E-state index is -0.842. The maximum absolute atomic E-state index is 13.1. The quantitative estimate of drug-likeness (QED) is 0.743. The number of rotatable bonds is 7. The Morgan fingerprint density at radius 3 is 2.88 bits per heavy atom. The first kappa shape index (κ1) is 20.1. The summed E-state index contributed by atoms with van der Waals surface area (Å²) in [6.07, 6.45) is 1.58. The molecule has 1 aliphatic heterocycles. The molecule has 0 aliphatic carbocycles. The average molecular weight is 393 g/mol. The van der Waals surface area contributed by atoms with E-state index in [1.54, 1.807) is 6.92 Å². The number of phenols is 1. The summed E-state index contributed by atoms with van der Waals surface area (Å²) in [5, 5.41) is 13.0. The summed E-state index contributed by atoms with van der Waals surface area (Å²) in [6, 6.07) is 1.47. The Bertz CT molecular complexity index is 628. The number of aromatic hydroxyl groups is 1. The monoisotopic (exact) mass is 392 g/mol. The predicted molar refractivity (Wildman–Crippen MR) is 96.8 cm³/mol. The smallest absolute Gasteiger partial charge is 0.259 e. The number of hydrogen-bond acceptors (Lipinski definition) is 4. The molecule has 1 aliphatic rings. The molecule has 8 heteroatoms. The van der Waals surface area contributed by atoms with Crippen LogP contribution in [0.5, 0.6) is 11.5 Å². The van der Waals surface area contributed by atoms with Crippen LogP contribution in [-0.4, -0.2) is 54.9 Å². The van der Waals surface area contributed by atoms with Gasteiger partial charge >= 0.3 is 0 Å². The Labute approximate surface area is 157 Å². The summed E-state index contributed by atoms with van der Waals surface area (Å²) in [7, 11) is 1.36. The molecule has 0 saturated carbocycles. The summed E-state index contributed by atoms with van der Waals surface area (Å²) >= 11 is 11.9. The van der Waals surface area contributed by atoms with Gasteiger partial charge in [-0.1, -0.05) is 23.2 Å². The van der Waals surface area contributed by atoms with Crippen molar-refractivity contribution in [1.29, 1.82) is 0 Å².